The van der Waals surface area contributed by atoms with E-state index < -0.39 is 0 Å². The SMILES string of the molecule is CCCCC(CC)COc1ccc2c(c1)CCC1=C2C2Sc3ccc4cc(OCC(CC)CCCC)ccc4c3C2S1. The summed E-state index contributed by atoms with van der Waals surface area (Å²) in [4.78, 5) is 3.07. The largest absolute Gasteiger partial charge is 0.493 e. The molecular weight excluding hydrogens is 553 g/mol. The highest BCUT2D eigenvalue weighted by molar-refractivity contribution is 8.07. The molecule has 0 N–H and O–H groups in total. The topological polar surface area (TPSA) is 18.5 Å². The van der Waals surface area contributed by atoms with Gasteiger partial charge in [-0.15, -0.1) is 23.5 Å². The van der Waals surface area contributed by atoms with Crippen molar-refractivity contribution in [1.82, 2.24) is 0 Å². The molecule has 2 heterocycles. The normalized spacial score (nSPS) is 20.2. The number of hydrogen-bond acceptors (Lipinski definition) is 4. The minimum Gasteiger partial charge on any atom is -0.493 e. The number of allylic oxidation sites excluding steroid dienone is 1. The number of benzene rings is 3. The molecule has 0 amide bonds. The van der Waals surface area contributed by atoms with Crippen molar-refractivity contribution >= 4 is 39.9 Å². The van der Waals surface area contributed by atoms with Crippen LogP contribution in [-0.4, -0.2) is 18.5 Å². The van der Waals surface area contributed by atoms with Crippen LogP contribution < -0.4 is 9.47 Å². The lowest BCUT2D eigenvalue weighted by atomic mass is 9.87. The molecular formula is C38H48O2S2. The van der Waals surface area contributed by atoms with Crippen LogP contribution in [0.3, 0.4) is 0 Å². The van der Waals surface area contributed by atoms with Crippen LogP contribution in [0.25, 0.3) is 16.3 Å². The molecule has 0 aromatic heterocycles. The fourth-order valence-corrected chi connectivity index (χ4v) is 10.4. The van der Waals surface area contributed by atoms with Crippen molar-refractivity contribution in [2.24, 2.45) is 11.8 Å². The summed E-state index contributed by atoms with van der Waals surface area (Å²) in [6.45, 7) is 10.8. The van der Waals surface area contributed by atoms with E-state index in [1.165, 1.54) is 78.2 Å². The fourth-order valence-electron chi connectivity index (χ4n) is 6.95. The van der Waals surface area contributed by atoms with Gasteiger partial charge in [0.15, 0.2) is 0 Å². The summed E-state index contributed by atoms with van der Waals surface area (Å²) in [5.41, 5.74) is 6.08. The van der Waals surface area contributed by atoms with E-state index in [2.05, 4.69) is 99.7 Å². The molecule has 0 saturated carbocycles. The van der Waals surface area contributed by atoms with Gasteiger partial charge in [-0.1, -0.05) is 84.4 Å². The summed E-state index contributed by atoms with van der Waals surface area (Å²) in [7, 11) is 0. The molecule has 4 heteroatoms. The van der Waals surface area contributed by atoms with Crippen molar-refractivity contribution < 1.29 is 9.47 Å². The highest BCUT2D eigenvalue weighted by Crippen LogP contribution is 2.66. The maximum Gasteiger partial charge on any atom is 0.119 e. The van der Waals surface area contributed by atoms with Crippen molar-refractivity contribution in [1.29, 1.82) is 0 Å². The van der Waals surface area contributed by atoms with Crippen LogP contribution >= 0.6 is 23.5 Å². The summed E-state index contributed by atoms with van der Waals surface area (Å²) < 4.78 is 12.7. The minimum absolute atomic E-state index is 0.495. The molecule has 224 valence electrons. The second kappa shape index (κ2) is 13.7. The smallest absolute Gasteiger partial charge is 0.119 e. The highest BCUT2D eigenvalue weighted by Gasteiger charge is 2.45. The number of unbranched alkanes of at least 4 members (excludes halogenated alkanes) is 2. The summed E-state index contributed by atoms with van der Waals surface area (Å²) in [5.74, 6) is 3.37. The van der Waals surface area contributed by atoms with Crippen molar-refractivity contribution in [2.45, 2.75) is 107 Å². The molecule has 0 spiro atoms. The zero-order valence-electron chi connectivity index (χ0n) is 26.0. The molecule has 0 radical (unpaired) electrons. The van der Waals surface area contributed by atoms with Gasteiger partial charge in [-0.3, -0.25) is 0 Å². The lowest BCUT2D eigenvalue weighted by Gasteiger charge is -2.22. The molecule has 0 fully saturated rings. The Balaban J connectivity index is 1.18. The van der Waals surface area contributed by atoms with Crippen LogP contribution in [-0.2, 0) is 6.42 Å². The maximum atomic E-state index is 6.35. The number of rotatable bonds is 14. The van der Waals surface area contributed by atoms with E-state index >= 15 is 0 Å². The molecule has 3 aromatic carbocycles. The lowest BCUT2D eigenvalue weighted by Crippen LogP contribution is -2.12. The Bertz CT molecular complexity index is 1430. The average Bonchev–Trinajstić information content (AvgIpc) is 3.57. The number of aryl methyl sites for hydroxylation is 1. The Labute approximate surface area is 262 Å². The number of ether oxygens (including phenoxy) is 2. The quantitative estimate of drug-likeness (QED) is 0.183. The van der Waals surface area contributed by atoms with E-state index in [1.807, 2.05) is 0 Å². The molecule has 0 bridgehead atoms. The second-order valence-corrected chi connectivity index (χ2v) is 15.0. The van der Waals surface area contributed by atoms with Crippen molar-refractivity contribution in [3.05, 3.63) is 70.1 Å². The Hall–Kier alpha value is -2.04. The van der Waals surface area contributed by atoms with Gasteiger partial charge in [0.2, 0.25) is 0 Å². The average molecular weight is 601 g/mol. The summed E-state index contributed by atoms with van der Waals surface area (Å²) in [6, 6.07) is 18.4. The summed E-state index contributed by atoms with van der Waals surface area (Å²) in [6.07, 6.45) is 12.3. The zero-order valence-corrected chi connectivity index (χ0v) is 27.7. The number of hydrogen-bond donors (Lipinski definition) is 0. The third-order valence-electron chi connectivity index (χ3n) is 9.71. The maximum absolute atomic E-state index is 6.35. The van der Waals surface area contributed by atoms with Gasteiger partial charge in [0, 0.05) is 4.90 Å². The highest BCUT2D eigenvalue weighted by atomic mass is 32.2. The Morgan fingerprint density at radius 3 is 2.12 bits per heavy atom. The monoisotopic (exact) mass is 600 g/mol. The molecule has 4 unspecified atom stereocenters. The minimum atomic E-state index is 0.495. The first-order valence-electron chi connectivity index (χ1n) is 16.6. The first-order valence-corrected chi connectivity index (χ1v) is 18.4. The van der Waals surface area contributed by atoms with E-state index in [1.54, 1.807) is 16.0 Å². The van der Waals surface area contributed by atoms with Crippen molar-refractivity contribution in [3.8, 4) is 11.5 Å². The summed E-state index contributed by atoms with van der Waals surface area (Å²) >= 11 is 4.23. The Morgan fingerprint density at radius 1 is 0.738 bits per heavy atom. The summed E-state index contributed by atoms with van der Waals surface area (Å²) in [5, 5.41) is 3.71. The predicted molar refractivity (Wildman–Crippen MR) is 183 cm³/mol. The van der Waals surface area contributed by atoms with Gasteiger partial charge in [0.1, 0.15) is 11.5 Å². The van der Waals surface area contributed by atoms with Crippen LogP contribution in [0, 0.1) is 11.8 Å². The molecule has 3 aliphatic rings. The van der Waals surface area contributed by atoms with Crippen LogP contribution in [0.2, 0.25) is 0 Å². The van der Waals surface area contributed by atoms with Gasteiger partial charge in [-0.25, -0.2) is 0 Å². The van der Waals surface area contributed by atoms with E-state index in [-0.39, 0.29) is 0 Å². The van der Waals surface area contributed by atoms with Crippen LogP contribution in [0.15, 0.2) is 58.3 Å². The van der Waals surface area contributed by atoms with Crippen LogP contribution in [0.1, 0.15) is 107 Å². The van der Waals surface area contributed by atoms with E-state index in [0.717, 1.165) is 37.6 Å². The van der Waals surface area contributed by atoms with E-state index in [9.17, 15) is 0 Å². The Morgan fingerprint density at radius 2 is 1.43 bits per heavy atom. The number of thioether (sulfide) groups is 2. The Kier molecular flexibility index (Phi) is 9.80. The van der Waals surface area contributed by atoms with Gasteiger partial charge in [-0.2, -0.15) is 0 Å². The molecule has 1 aliphatic carbocycles. The molecule has 0 saturated heterocycles. The first kappa shape index (κ1) is 30.0. The number of fused-ring (bicyclic) bond motifs is 8. The standard InChI is InChI=1S/C38H48O2S2/c1-5-9-11-25(7-3)23-39-29-15-17-31-27(21-29)13-19-33-35(31)37-38(41-33)36-32-18-16-30(22-28(32)14-20-34(36)42-37)40-24-26(8-4)12-10-6-2/h13,15-19,21-22,25-26,37-38H,5-12,14,20,23-24H2,1-4H3. The van der Waals surface area contributed by atoms with Gasteiger partial charge in [-0.05, 0) is 106 Å². The van der Waals surface area contributed by atoms with Crippen LogP contribution in [0.4, 0.5) is 0 Å². The van der Waals surface area contributed by atoms with Crippen molar-refractivity contribution in [3.63, 3.8) is 0 Å². The van der Waals surface area contributed by atoms with Gasteiger partial charge in [0.25, 0.3) is 0 Å². The lowest BCUT2D eigenvalue weighted by molar-refractivity contribution is 0.233. The van der Waals surface area contributed by atoms with E-state index in [4.69, 9.17) is 9.47 Å². The molecule has 4 atom stereocenters. The predicted octanol–water partition coefficient (Wildman–Crippen LogP) is 11.6. The third kappa shape index (κ3) is 6.13. The van der Waals surface area contributed by atoms with Crippen molar-refractivity contribution in [2.75, 3.05) is 13.2 Å². The fraction of sp³-hybridized carbons (Fsp3) is 0.526. The van der Waals surface area contributed by atoms with Crippen LogP contribution in [0.5, 0.6) is 11.5 Å². The molecule has 2 nitrogen and oxygen atoms in total. The van der Waals surface area contributed by atoms with E-state index in [0.29, 0.717) is 22.3 Å². The molecule has 3 aromatic rings. The van der Waals surface area contributed by atoms with Gasteiger partial charge in [0.05, 0.1) is 23.7 Å². The molecule has 42 heavy (non-hydrogen) atoms. The first-order chi connectivity index (χ1) is 20.6. The zero-order chi connectivity index (χ0) is 29.1. The van der Waals surface area contributed by atoms with Gasteiger partial charge < -0.3 is 9.47 Å². The molecule has 6 rings (SSSR count). The second-order valence-electron chi connectivity index (χ2n) is 12.5. The molecule has 2 aliphatic heterocycles. The van der Waals surface area contributed by atoms with Gasteiger partial charge >= 0.3 is 0 Å². The third-order valence-corrected chi connectivity index (χ3v) is 12.7.